The molecule has 4 rings (SSSR count). The Hall–Kier alpha value is -3.29. The third kappa shape index (κ3) is 5.00. The van der Waals surface area contributed by atoms with Gasteiger partial charge in [-0.25, -0.2) is 4.98 Å². The van der Waals surface area contributed by atoms with Crippen LogP contribution in [-0.2, 0) is 0 Å². The highest BCUT2D eigenvalue weighted by Crippen LogP contribution is 2.27. The van der Waals surface area contributed by atoms with Crippen LogP contribution in [0.15, 0.2) is 54.9 Å². The smallest absolute Gasteiger partial charge is 0.387 e. The molecular formula is C22H23F2N5O. The number of benzene rings is 1. The van der Waals surface area contributed by atoms with Crippen LogP contribution in [0.4, 0.5) is 26.1 Å². The summed E-state index contributed by atoms with van der Waals surface area (Å²) >= 11 is 0. The maximum Gasteiger partial charge on any atom is 0.387 e. The second-order valence-electron chi connectivity index (χ2n) is 7.43. The third-order valence-electron chi connectivity index (χ3n) is 5.19. The Balaban J connectivity index is 1.47. The van der Waals surface area contributed by atoms with Crippen molar-refractivity contribution in [3.8, 4) is 16.9 Å². The van der Waals surface area contributed by atoms with Crippen molar-refractivity contribution in [2.75, 3.05) is 23.3 Å². The summed E-state index contributed by atoms with van der Waals surface area (Å²) in [6.07, 6.45) is 5.76. The highest BCUT2D eigenvalue weighted by Gasteiger charge is 2.17. The summed E-state index contributed by atoms with van der Waals surface area (Å²) < 4.78 is 29.0. The Morgan fingerprint density at radius 1 is 1.07 bits per heavy atom. The highest BCUT2D eigenvalue weighted by atomic mass is 19.3. The molecule has 0 amide bonds. The third-order valence-corrected chi connectivity index (χ3v) is 5.19. The normalized spacial score (nSPS) is 14.7. The standard InChI is InChI=1S/C22H23F2N5O/c1-15-7-10-29(11-8-15)21-13-18(6-9-25-21)27-20-12-17(14-26-28-20)16-2-4-19(5-3-16)30-22(23)24/h2-6,9,12-15,22H,7-8,10-11H2,1H3,(H,25,27,28). The van der Waals surface area contributed by atoms with E-state index in [1.165, 1.54) is 25.0 Å². The molecule has 0 atom stereocenters. The summed E-state index contributed by atoms with van der Waals surface area (Å²) in [7, 11) is 0. The number of piperidine rings is 1. The van der Waals surface area contributed by atoms with Crippen LogP contribution in [0, 0.1) is 5.92 Å². The van der Waals surface area contributed by atoms with E-state index in [4.69, 9.17) is 0 Å². The molecule has 156 valence electrons. The minimum absolute atomic E-state index is 0.116. The number of nitrogens with zero attached hydrogens (tertiary/aromatic N) is 4. The number of ether oxygens (including phenoxy) is 1. The summed E-state index contributed by atoms with van der Waals surface area (Å²) in [5.74, 6) is 2.41. The number of aromatic nitrogens is 3. The second-order valence-corrected chi connectivity index (χ2v) is 7.43. The van der Waals surface area contributed by atoms with Crippen molar-refractivity contribution in [3.63, 3.8) is 0 Å². The minimum Gasteiger partial charge on any atom is -0.435 e. The van der Waals surface area contributed by atoms with Crippen LogP contribution in [0.5, 0.6) is 5.75 Å². The Labute approximate surface area is 173 Å². The SMILES string of the molecule is CC1CCN(c2cc(Nc3cc(-c4ccc(OC(F)F)cc4)cnn3)ccn2)CC1. The molecular weight excluding hydrogens is 388 g/mol. The minimum atomic E-state index is -2.84. The van der Waals surface area contributed by atoms with Crippen LogP contribution in [0.25, 0.3) is 11.1 Å². The average Bonchev–Trinajstić information content (AvgIpc) is 2.75. The highest BCUT2D eigenvalue weighted by molar-refractivity contribution is 5.68. The predicted octanol–water partition coefficient (Wildman–Crippen LogP) is 5.12. The van der Waals surface area contributed by atoms with Crippen LogP contribution in [-0.4, -0.2) is 34.9 Å². The molecule has 8 heteroatoms. The lowest BCUT2D eigenvalue weighted by molar-refractivity contribution is -0.0498. The molecule has 1 aliphatic rings. The number of nitrogens with one attached hydrogen (secondary N) is 1. The average molecular weight is 411 g/mol. The quantitative estimate of drug-likeness (QED) is 0.607. The summed E-state index contributed by atoms with van der Waals surface area (Å²) in [6.45, 7) is 1.47. The van der Waals surface area contributed by atoms with Crippen LogP contribution in [0.1, 0.15) is 19.8 Å². The predicted molar refractivity (Wildman–Crippen MR) is 112 cm³/mol. The van der Waals surface area contributed by atoms with Gasteiger partial charge in [-0.1, -0.05) is 19.1 Å². The molecule has 0 bridgehead atoms. The number of alkyl halides is 2. The van der Waals surface area contributed by atoms with E-state index in [0.717, 1.165) is 41.6 Å². The van der Waals surface area contributed by atoms with E-state index in [1.54, 1.807) is 24.5 Å². The lowest BCUT2D eigenvalue weighted by Crippen LogP contribution is -2.33. The fourth-order valence-electron chi connectivity index (χ4n) is 3.47. The van der Waals surface area contributed by atoms with Gasteiger partial charge < -0.3 is 15.0 Å². The van der Waals surface area contributed by atoms with E-state index in [-0.39, 0.29) is 5.75 Å². The molecule has 3 heterocycles. The van der Waals surface area contributed by atoms with Gasteiger partial charge in [-0.15, -0.1) is 5.10 Å². The summed E-state index contributed by atoms with van der Waals surface area (Å²) in [5, 5.41) is 11.5. The van der Waals surface area contributed by atoms with E-state index in [1.807, 2.05) is 18.2 Å². The fraction of sp³-hybridized carbons (Fsp3) is 0.318. The van der Waals surface area contributed by atoms with E-state index >= 15 is 0 Å². The second kappa shape index (κ2) is 9.02. The molecule has 6 nitrogen and oxygen atoms in total. The number of pyridine rings is 1. The molecule has 1 saturated heterocycles. The number of halogens is 2. The summed E-state index contributed by atoms with van der Waals surface area (Å²) in [5.41, 5.74) is 2.52. The topological polar surface area (TPSA) is 63.2 Å². The first-order valence-electron chi connectivity index (χ1n) is 9.93. The van der Waals surface area contributed by atoms with Gasteiger partial charge in [0.25, 0.3) is 0 Å². The van der Waals surface area contributed by atoms with Crippen molar-refractivity contribution in [3.05, 3.63) is 54.9 Å². The van der Waals surface area contributed by atoms with Crippen molar-refractivity contribution in [2.24, 2.45) is 5.92 Å². The van der Waals surface area contributed by atoms with Gasteiger partial charge in [-0.3, -0.25) is 0 Å². The molecule has 3 aromatic rings. The van der Waals surface area contributed by atoms with Crippen molar-refractivity contribution < 1.29 is 13.5 Å². The van der Waals surface area contributed by atoms with Crippen molar-refractivity contribution >= 4 is 17.3 Å². The van der Waals surface area contributed by atoms with Gasteiger partial charge >= 0.3 is 6.61 Å². The van der Waals surface area contributed by atoms with Crippen molar-refractivity contribution in [1.29, 1.82) is 0 Å². The maximum atomic E-state index is 12.3. The van der Waals surface area contributed by atoms with Gasteiger partial charge in [0.2, 0.25) is 0 Å². The summed E-state index contributed by atoms with van der Waals surface area (Å²) in [6, 6.07) is 12.2. The van der Waals surface area contributed by atoms with Crippen molar-refractivity contribution in [2.45, 2.75) is 26.4 Å². The molecule has 0 aliphatic carbocycles. The zero-order valence-electron chi connectivity index (χ0n) is 16.6. The first-order chi connectivity index (χ1) is 14.6. The molecule has 1 N–H and O–H groups in total. The zero-order chi connectivity index (χ0) is 20.9. The van der Waals surface area contributed by atoms with Gasteiger partial charge in [0.15, 0.2) is 5.82 Å². The maximum absolute atomic E-state index is 12.3. The van der Waals surface area contributed by atoms with Crippen LogP contribution >= 0.6 is 0 Å². The monoisotopic (exact) mass is 411 g/mol. The molecule has 1 aliphatic heterocycles. The molecule has 0 saturated carbocycles. The Morgan fingerprint density at radius 2 is 1.83 bits per heavy atom. The lowest BCUT2D eigenvalue weighted by atomic mass is 9.99. The number of anilines is 3. The van der Waals surface area contributed by atoms with Crippen LogP contribution < -0.4 is 15.0 Å². The van der Waals surface area contributed by atoms with Crippen molar-refractivity contribution in [1.82, 2.24) is 15.2 Å². The lowest BCUT2D eigenvalue weighted by Gasteiger charge is -2.31. The van der Waals surface area contributed by atoms with Gasteiger partial charge in [-0.2, -0.15) is 13.9 Å². The van der Waals surface area contributed by atoms with Gasteiger partial charge in [0, 0.05) is 36.6 Å². The van der Waals surface area contributed by atoms with Gasteiger partial charge in [0.05, 0.1) is 6.20 Å². The Kier molecular flexibility index (Phi) is 6.02. The molecule has 1 fully saturated rings. The number of hydrogen-bond donors (Lipinski definition) is 1. The van der Waals surface area contributed by atoms with E-state index in [2.05, 4.69) is 37.1 Å². The van der Waals surface area contributed by atoms with E-state index in [0.29, 0.717) is 5.82 Å². The van der Waals surface area contributed by atoms with Crippen LogP contribution in [0.2, 0.25) is 0 Å². The van der Waals surface area contributed by atoms with E-state index in [9.17, 15) is 8.78 Å². The fourth-order valence-corrected chi connectivity index (χ4v) is 3.47. The molecule has 1 aromatic carbocycles. The van der Waals surface area contributed by atoms with Gasteiger partial charge in [-0.05, 0) is 48.6 Å². The number of hydrogen-bond acceptors (Lipinski definition) is 6. The van der Waals surface area contributed by atoms with Crippen LogP contribution in [0.3, 0.4) is 0 Å². The molecule has 0 unspecified atom stereocenters. The molecule has 0 spiro atoms. The Bertz CT molecular complexity index is 975. The number of rotatable bonds is 6. The largest absolute Gasteiger partial charge is 0.435 e. The first-order valence-corrected chi connectivity index (χ1v) is 9.93. The molecule has 2 aromatic heterocycles. The Morgan fingerprint density at radius 3 is 2.57 bits per heavy atom. The zero-order valence-corrected chi connectivity index (χ0v) is 16.6. The molecule has 30 heavy (non-hydrogen) atoms. The van der Waals surface area contributed by atoms with Gasteiger partial charge in [0.1, 0.15) is 11.6 Å². The first kappa shape index (κ1) is 20.0. The summed E-state index contributed by atoms with van der Waals surface area (Å²) in [4.78, 5) is 6.81. The van der Waals surface area contributed by atoms with E-state index < -0.39 is 6.61 Å². The molecule has 0 radical (unpaired) electrons.